The summed E-state index contributed by atoms with van der Waals surface area (Å²) in [4.78, 5) is 14.3. The molecule has 0 aromatic heterocycles. The van der Waals surface area contributed by atoms with Crippen molar-refractivity contribution in [1.29, 1.82) is 0 Å². The van der Waals surface area contributed by atoms with E-state index in [-0.39, 0.29) is 48.8 Å². The molecule has 4 fully saturated rings. The van der Waals surface area contributed by atoms with Crippen molar-refractivity contribution in [1.82, 2.24) is 0 Å². The monoisotopic (exact) mass is 863 g/mol. The van der Waals surface area contributed by atoms with Crippen molar-refractivity contribution >= 4 is 5.97 Å². The van der Waals surface area contributed by atoms with E-state index in [4.69, 9.17) is 47.4 Å². The first-order chi connectivity index (χ1) is 29.0. The van der Waals surface area contributed by atoms with Crippen LogP contribution in [0.25, 0.3) is 0 Å². The van der Waals surface area contributed by atoms with Gasteiger partial charge in [0.25, 0.3) is 0 Å². The summed E-state index contributed by atoms with van der Waals surface area (Å²) >= 11 is 0. The van der Waals surface area contributed by atoms with Gasteiger partial charge in [-0.05, 0) is 76.0 Å². The van der Waals surface area contributed by atoms with Crippen molar-refractivity contribution in [3.63, 3.8) is 0 Å². The number of esters is 1. The van der Waals surface area contributed by atoms with Crippen molar-refractivity contribution in [2.45, 2.75) is 204 Å². The maximum absolute atomic E-state index is 14.3. The third kappa shape index (κ3) is 9.77. The highest BCUT2D eigenvalue weighted by Gasteiger charge is 2.62. The average molecular weight is 863 g/mol. The van der Waals surface area contributed by atoms with E-state index >= 15 is 0 Å². The van der Waals surface area contributed by atoms with Gasteiger partial charge in [-0.25, -0.2) is 0 Å². The predicted molar refractivity (Wildman–Crippen MR) is 223 cm³/mol. The lowest BCUT2D eigenvalue weighted by molar-refractivity contribution is -0.319. The minimum atomic E-state index is -1.64. The first-order valence-electron chi connectivity index (χ1n) is 22.9. The van der Waals surface area contributed by atoms with E-state index < -0.39 is 90.6 Å². The Labute approximate surface area is 362 Å². The van der Waals surface area contributed by atoms with Crippen molar-refractivity contribution in [3.8, 4) is 0 Å². The molecule has 1 spiro atoms. The van der Waals surface area contributed by atoms with Crippen molar-refractivity contribution in [3.05, 3.63) is 35.5 Å². The van der Waals surface area contributed by atoms with Crippen LogP contribution in [0.2, 0.25) is 0 Å². The lowest BCUT2D eigenvalue weighted by Crippen LogP contribution is -2.60. The van der Waals surface area contributed by atoms with E-state index in [1.165, 1.54) is 0 Å². The Morgan fingerprint density at radius 2 is 1.57 bits per heavy atom. The Balaban J connectivity index is 1.15. The third-order valence-electron chi connectivity index (χ3n) is 14.7. The second-order valence-corrected chi connectivity index (χ2v) is 19.6. The molecule has 20 atom stereocenters. The van der Waals surface area contributed by atoms with Crippen LogP contribution in [0.3, 0.4) is 0 Å². The molecule has 0 radical (unpaired) electrons. The number of ether oxygens (including phenoxy) is 10. The van der Waals surface area contributed by atoms with Crippen molar-refractivity contribution in [2.75, 3.05) is 20.8 Å². The zero-order valence-electron chi connectivity index (χ0n) is 38.0. The van der Waals surface area contributed by atoms with Crippen molar-refractivity contribution in [2.24, 2.45) is 29.6 Å². The summed E-state index contributed by atoms with van der Waals surface area (Å²) in [6, 6.07) is 0. The normalized spacial score (nSPS) is 48.7. The third-order valence-corrected chi connectivity index (χ3v) is 14.7. The zero-order chi connectivity index (χ0) is 44.0. The fourth-order valence-corrected chi connectivity index (χ4v) is 11.2. The molecule has 6 aliphatic heterocycles. The van der Waals surface area contributed by atoms with E-state index in [1.54, 1.807) is 34.1 Å². The molecule has 4 saturated heterocycles. The van der Waals surface area contributed by atoms with Gasteiger partial charge in [0.15, 0.2) is 18.4 Å². The minimum absolute atomic E-state index is 0.0319. The van der Waals surface area contributed by atoms with Crippen LogP contribution in [0.1, 0.15) is 107 Å². The van der Waals surface area contributed by atoms with E-state index in [0.717, 1.165) is 18.4 Å². The van der Waals surface area contributed by atoms with Gasteiger partial charge in [0, 0.05) is 51.7 Å². The van der Waals surface area contributed by atoms with E-state index in [0.29, 0.717) is 44.1 Å². The van der Waals surface area contributed by atoms with Gasteiger partial charge in [0.05, 0.1) is 49.3 Å². The molecule has 346 valence electrons. The molecule has 0 amide bonds. The van der Waals surface area contributed by atoms with Crippen LogP contribution in [0, 0.1) is 29.6 Å². The quantitative estimate of drug-likeness (QED) is 0.223. The van der Waals surface area contributed by atoms with Gasteiger partial charge in [0.1, 0.15) is 42.0 Å². The standard InChI is InChI=1S/C47H74O14/c1-24(2)41-27(5)16-17-46(61-41)22-33-19-32(60-46)15-14-26(4)42(25(3)12-11-13-31-23-54-44-39(48)28(6)18-34(45(50)57-33)47(31,44)51)58-38-21-36(53-10)43(30(8)56-38)59-37-20-35(52-9)40(49)29(7)55-37/h14,16-18,24-25,27,29-44,48-49,51H,11-13,15,19-23H2,1-10H3/t25-,27-,29-,30-,31?,32+,33-,34-,35-,36-,37-,38-,39+,40-,41+,42-,43-,44?,46+,47+/m0/s1. The molecule has 7 aliphatic rings. The molecule has 1 aliphatic carbocycles. The molecular formula is C47H74O14. The van der Waals surface area contributed by atoms with E-state index in [9.17, 15) is 20.1 Å². The Hall–Kier alpha value is -1.79. The molecule has 7 rings (SSSR count). The fraction of sp³-hybridized carbons (Fsp3) is 0.851. The van der Waals surface area contributed by atoms with Crippen LogP contribution in [0.4, 0.5) is 0 Å². The van der Waals surface area contributed by atoms with Crippen LogP contribution >= 0.6 is 0 Å². The smallest absolute Gasteiger partial charge is 0.316 e. The highest BCUT2D eigenvalue weighted by molar-refractivity contribution is 5.77. The first-order valence-corrected chi connectivity index (χ1v) is 22.9. The number of carbonyl (C=O) groups excluding carboxylic acids is 1. The second-order valence-electron chi connectivity index (χ2n) is 19.6. The van der Waals surface area contributed by atoms with Gasteiger partial charge in [-0.2, -0.15) is 0 Å². The molecule has 14 heteroatoms. The largest absolute Gasteiger partial charge is 0.462 e. The molecule has 0 aromatic carbocycles. The highest BCUT2D eigenvalue weighted by atomic mass is 16.7. The van der Waals surface area contributed by atoms with Gasteiger partial charge < -0.3 is 62.7 Å². The van der Waals surface area contributed by atoms with Gasteiger partial charge in [-0.15, -0.1) is 0 Å². The first kappa shape index (κ1) is 47.2. The van der Waals surface area contributed by atoms with Crippen LogP contribution < -0.4 is 0 Å². The summed E-state index contributed by atoms with van der Waals surface area (Å²) in [5, 5.41) is 34.3. The minimum Gasteiger partial charge on any atom is -0.462 e. The molecular weight excluding hydrogens is 789 g/mol. The molecule has 14 nitrogen and oxygen atoms in total. The topological polar surface area (TPSA) is 170 Å². The lowest BCUT2D eigenvalue weighted by atomic mass is 9.67. The number of fused-ring (bicyclic) bond motifs is 2. The molecule has 6 heterocycles. The summed E-state index contributed by atoms with van der Waals surface area (Å²) in [5.74, 6) is -2.59. The number of aliphatic hydroxyl groups is 3. The van der Waals surface area contributed by atoms with Crippen LogP contribution in [-0.2, 0) is 52.2 Å². The Bertz CT molecular complexity index is 1600. The summed E-state index contributed by atoms with van der Waals surface area (Å²) in [6.07, 6.45) is 4.80. The number of hydrogen-bond donors (Lipinski definition) is 3. The summed E-state index contributed by atoms with van der Waals surface area (Å²) in [6.45, 7) is 16.4. The molecule has 2 bridgehead atoms. The number of carbonyl (C=O) groups is 1. The maximum atomic E-state index is 14.3. The van der Waals surface area contributed by atoms with Crippen LogP contribution in [0.5, 0.6) is 0 Å². The van der Waals surface area contributed by atoms with Gasteiger partial charge in [-0.1, -0.05) is 52.3 Å². The molecule has 0 aromatic rings. The van der Waals surface area contributed by atoms with Gasteiger partial charge >= 0.3 is 5.97 Å². The summed E-state index contributed by atoms with van der Waals surface area (Å²) in [5.41, 5.74) is -0.0329. The van der Waals surface area contributed by atoms with Gasteiger partial charge in [0.2, 0.25) is 0 Å². The number of aliphatic hydroxyl groups excluding tert-OH is 2. The Morgan fingerprint density at radius 3 is 2.30 bits per heavy atom. The summed E-state index contributed by atoms with van der Waals surface area (Å²) < 4.78 is 63.8. The van der Waals surface area contributed by atoms with Crippen molar-refractivity contribution < 1.29 is 67.5 Å². The summed E-state index contributed by atoms with van der Waals surface area (Å²) in [7, 11) is 3.24. The fourth-order valence-electron chi connectivity index (χ4n) is 11.2. The molecule has 0 saturated carbocycles. The molecule has 3 N–H and O–H groups in total. The highest BCUT2D eigenvalue weighted by Crippen LogP contribution is 2.49. The predicted octanol–water partition coefficient (Wildman–Crippen LogP) is 5.29. The van der Waals surface area contributed by atoms with E-state index in [2.05, 4.69) is 46.8 Å². The zero-order valence-corrected chi connectivity index (χ0v) is 38.0. The molecule has 61 heavy (non-hydrogen) atoms. The maximum Gasteiger partial charge on any atom is 0.316 e. The Morgan fingerprint density at radius 1 is 0.869 bits per heavy atom. The van der Waals surface area contributed by atoms with Crippen LogP contribution in [0.15, 0.2) is 35.5 Å². The number of rotatable bonds is 7. The average Bonchev–Trinajstić information content (AvgIpc) is 3.56. The Kier molecular flexibility index (Phi) is 15.0. The lowest BCUT2D eigenvalue weighted by Gasteiger charge is -2.48. The SMILES string of the molecule is CO[C@H]1C[C@H](O[C@H]2[C@H](C)O[C@@H](O[C@@H]3C(C)=CC[C@@H]4C[C@@H](C[C@]5(C=C[C@H](C)[C@@H](C(C)C)O5)O4)OC(=O)[C@@H]4C=C(C)[C@@H](O)C5OCC(CCC[C@@H]3C)[C@]54O)C[C@@H]2OC)O[C@@H](C)[C@@H]1O. The van der Waals surface area contributed by atoms with Gasteiger partial charge in [-0.3, -0.25) is 4.79 Å². The number of methoxy groups -OCH3 is 2. The second kappa shape index (κ2) is 19.4. The molecule has 2 unspecified atom stereocenters. The van der Waals surface area contributed by atoms with E-state index in [1.807, 2.05) is 13.0 Å². The van der Waals surface area contributed by atoms with Crippen LogP contribution in [-0.4, -0.2) is 139 Å². The number of hydrogen-bond acceptors (Lipinski definition) is 14.